The van der Waals surface area contributed by atoms with Crippen LogP contribution in [-0.2, 0) is 6.54 Å². The predicted octanol–water partition coefficient (Wildman–Crippen LogP) is 5.56. The van der Waals surface area contributed by atoms with Crippen LogP contribution in [0.5, 0.6) is 11.5 Å². The molecule has 2 aromatic carbocycles. The van der Waals surface area contributed by atoms with Crippen molar-refractivity contribution in [1.82, 2.24) is 5.32 Å². The molecule has 2 rings (SSSR count). The van der Waals surface area contributed by atoms with Crippen molar-refractivity contribution < 1.29 is 14.2 Å². The quantitative estimate of drug-likeness (QED) is 0.722. The van der Waals surface area contributed by atoms with Crippen molar-refractivity contribution in [2.45, 2.75) is 32.9 Å². The van der Waals surface area contributed by atoms with Crippen LogP contribution in [0.1, 0.15) is 26.3 Å². The SMILES string of the molecule is CC(C)(C)NCc1cc(OCF)cc(-c2ccc(Cl)c(Cl)c2)c1O. The fourth-order valence-electron chi connectivity index (χ4n) is 2.19. The summed E-state index contributed by atoms with van der Waals surface area (Å²) in [6.45, 7) is 5.52. The van der Waals surface area contributed by atoms with E-state index in [1.165, 1.54) is 0 Å². The maximum atomic E-state index is 12.6. The first-order valence-electron chi connectivity index (χ1n) is 7.46. The Morgan fingerprint density at radius 3 is 2.42 bits per heavy atom. The van der Waals surface area contributed by atoms with Crippen molar-refractivity contribution in [3.63, 3.8) is 0 Å². The molecule has 3 nitrogen and oxygen atoms in total. The molecule has 2 N–H and O–H groups in total. The molecule has 130 valence electrons. The molecule has 0 aliphatic heterocycles. The smallest absolute Gasteiger partial charge is 0.228 e. The zero-order valence-electron chi connectivity index (χ0n) is 13.8. The molecule has 0 bridgehead atoms. The average Bonchev–Trinajstić information content (AvgIpc) is 2.50. The van der Waals surface area contributed by atoms with Crippen molar-refractivity contribution in [2.24, 2.45) is 0 Å². The van der Waals surface area contributed by atoms with E-state index in [1.807, 2.05) is 20.8 Å². The van der Waals surface area contributed by atoms with Crippen LogP contribution in [0, 0.1) is 0 Å². The molecule has 0 unspecified atom stereocenters. The molecule has 6 heteroatoms. The van der Waals surface area contributed by atoms with E-state index >= 15 is 0 Å². The van der Waals surface area contributed by atoms with E-state index in [-0.39, 0.29) is 11.3 Å². The van der Waals surface area contributed by atoms with Gasteiger partial charge in [-0.15, -0.1) is 0 Å². The van der Waals surface area contributed by atoms with Crippen LogP contribution in [0.2, 0.25) is 10.0 Å². The summed E-state index contributed by atoms with van der Waals surface area (Å²) in [7, 11) is 0. The number of alkyl halides is 1. The third kappa shape index (κ3) is 4.76. The van der Waals surface area contributed by atoms with Crippen molar-refractivity contribution >= 4 is 23.2 Å². The lowest BCUT2D eigenvalue weighted by molar-refractivity contribution is 0.191. The third-order valence-electron chi connectivity index (χ3n) is 3.42. The normalized spacial score (nSPS) is 11.6. The summed E-state index contributed by atoms with van der Waals surface area (Å²) in [5.41, 5.74) is 1.65. The van der Waals surface area contributed by atoms with Crippen LogP contribution in [0.25, 0.3) is 11.1 Å². The molecular formula is C18H20Cl2FNO2. The molecule has 0 saturated heterocycles. The van der Waals surface area contributed by atoms with E-state index in [9.17, 15) is 9.50 Å². The molecular weight excluding hydrogens is 352 g/mol. The number of halogens is 3. The van der Waals surface area contributed by atoms with Gasteiger partial charge in [-0.05, 0) is 50.6 Å². The lowest BCUT2D eigenvalue weighted by Gasteiger charge is -2.22. The molecule has 0 heterocycles. The van der Waals surface area contributed by atoms with Gasteiger partial charge in [-0.3, -0.25) is 0 Å². The Labute approximate surface area is 151 Å². The van der Waals surface area contributed by atoms with Gasteiger partial charge in [0.2, 0.25) is 6.86 Å². The Bertz CT molecular complexity index is 730. The van der Waals surface area contributed by atoms with Gasteiger partial charge in [-0.2, -0.15) is 0 Å². The van der Waals surface area contributed by atoms with Crippen LogP contribution in [0.4, 0.5) is 4.39 Å². The average molecular weight is 372 g/mol. The van der Waals surface area contributed by atoms with E-state index in [2.05, 4.69) is 5.32 Å². The van der Waals surface area contributed by atoms with Crippen molar-refractivity contribution in [3.05, 3.63) is 45.9 Å². The van der Waals surface area contributed by atoms with Gasteiger partial charge in [0.25, 0.3) is 0 Å². The van der Waals surface area contributed by atoms with Gasteiger partial charge < -0.3 is 15.2 Å². The number of phenolic OH excluding ortho intramolecular Hbond substituents is 1. The second-order valence-corrected chi connectivity index (χ2v) is 7.28. The molecule has 0 aromatic heterocycles. The largest absolute Gasteiger partial charge is 0.507 e. The lowest BCUT2D eigenvalue weighted by atomic mass is 10.00. The maximum Gasteiger partial charge on any atom is 0.228 e. The number of rotatable bonds is 5. The number of hydrogen-bond acceptors (Lipinski definition) is 3. The zero-order chi connectivity index (χ0) is 17.9. The van der Waals surface area contributed by atoms with E-state index in [1.54, 1.807) is 30.3 Å². The summed E-state index contributed by atoms with van der Waals surface area (Å²) in [5, 5.41) is 14.7. The van der Waals surface area contributed by atoms with Gasteiger partial charge in [0.05, 0.1) is 10.0 Å². The second-order valence-electron chi connectivity index (χ2n) is 6.46. The molecule has 0 spiro atoms. The minimum absolute atomic E-state index is 0.0938. The standard InChI is InChI=1S/C18H20Cl2FNO2/c1-18(2,3)22-9-12-6-13(24-10-21)8-14(17(12)23)11-4-5-15(19)16(20)7-11/h4-8,22-23H,9-10H2,1-3H3. The monoisotopic (exact) mass is 371 g/mol. The van der Waals surface area contributed by atoms with Gasteiger partial charge in [0.1, 0.15) is 11.5 Å². The first-order chi connectivity index (χ1) is 11.2. The number of nitrogens with one attached hydrogen (secondary N) is 1. The number of ether oxygens (including phenoxy) is 1. The second kappa shape index (κ2) is 7.60. The fourth-order valence-corrected chi connectivity index (χ4v) is 2.49. The summed E-state index contributed by atoms with van der Waals surface area (Å²) < 4.78 is 17.6. The molecule has 0 atom stereocenters. The first kappa shape index (κ1) is 18.8. The molecule has 0 fully saturated rings. The number of hydrogen-bond donors (Lipinski definition) is 2. The summed E-state index contributed by atoms with van der Waals surface area (Å²) in [6.07, 6.45) is 0. The van der Waals surface area contributed by atoms with E-state index in [0.29, 0.717) is 39.0 Å². The third-order valence-corrected chi connectivity index (χ3v) is 4.16. The van der Waals surface area contributed by atoms with Crippen molar-refractivity contribution in [2.75, 3.05) is 6.86 Å². The molecule has 0 saturated carbocycles. The summed E-state index contributed by atoms with van der Waals surface area (Å²) in [5.74, 6) is 0.429. The van der Waals surface area contributed by atoms with Gasteiger partial charge in [0, 0.05) is 23.2 Å². The van der Waals surface area contributed by atoms with Crippen molar-refractivity contribution in [3.8, 4) is 22.6 Å². The Kier molecular flexibility index (Phi) is 5.97. The minimum atomic E-state index is -0.947. The van der Waals surface area contributed by atoms with E-state index in [0.717, 1.165) is 0 Å². The number of phenols is 1. The first-order valence-corrected chi connectivity index (χ1v) is 8.22. The van der Waals surface area contributed by atoms with E-state index < -0.39 is 6.86 Å². The molecule has 0 aliphatic rings. The summed E-state index contributed by atoms with van der Waals surface area (Å²) >= 11 is 12.0. The van der Waals surface area contributed by atoms with E-state index in [4.69, 9.17) is 27.9 Å². The summed E-state index contributed by atoms with van der Waals surface area (Å²) in [6, 6.07) is 8.24. The highest BCUT2D eigenvalue weighted by molar-refractivity contribution is 6.42. The predicted molar refractivity (Wildman–Crippen MR) is 96.8 cm³/mol. The maximum absolute atomic E-state index is 12.6. The lowest BCUT2D eigenvalue weighted by Crippen LogP contribution is -2.35. The highest BCUT2D eigenvalue weighted by Gasteiger charge is 2.16. The fraction of sp³-hybridized carbons (Fsp3) is 0.333. The number of benzene rings is 2. The summed E-state index contributed by atoms with van der Waals surface area (Å²) in [4.78, 5) is 0. The Balaban J connectivity index is 2.49. The zero-order valence-corrected chi connectivity index (χ0v) is 15.3. The highest BCUT2D eigenvalue weighted by Crippen LogP contribution is 2.38. The molecule has 24 heavy (non-hydrogen) atoms. The van der Waals surface area contributed by atoms with Crippen LogP contribution < -0.4 is 10.1 Å². The van der Waals surface area contributed by atoms with Crippen LogP contribution in [-0.4, -0.2) is 17.5 Å². The molecule has 0 radical (unpaired) electrons. The van der Waals surface area contributed by atoms with Gasteiger partial charge >= 0.3 is 0 Å². The Morgan fingerprint density at radius 1 is 1.12 bits per heavy atom. The highest BCUT2D eigenvalue weighted by atomic mass is 35.5. The van der Waals surface area contributed by atoms with Crippen molar-refractivity contribution in [1.29, 1.82) is 0 Å². The van der Waals surface area contributed by atoms with Gasteiger partial charge in [0.15, 0.2) is 0 Å². The Hall–Kier alpha value is -1.49. The minimum Gasteiger partial charge on any atom is -0.507 e. The topological polar surface area (TPSA) is 41.5 Å². The van der Waals surface area contributed by atoms with Gasteiger partial charge in [-0.25, -0.2) is 4.39 Å². The Morgan fingerprint density at radius 2 is 1.83 bits per heavy atom. The van der Waals surface area contributed by atoms with Crippen LogP contribution in [0.3, 0.4) is 0 Å². The molecule has 0 aliphatic carbocycles. The van der Waals surface area contributed by atoms with Gasteiger partial charge in [-0.1, -0.05) is 29.3 Å². The molecule has 2 aromatic rings. The van der Waals surface area contributed by atoms with Crippen LogP contribution >= 0.6 is 23.2 Å². The molecule has 0 amide bonds. The van der Waals surface area contributed by atoms with Crippen LogP contribution in [0.15, 0.2) is 30.3 Å². The number of aromatic hydroxyl groups is 1.